The van der Waals surface area contributed by atoms with Crippen LogP contribution in [0.5, 0.6) is 0 Å². The molecule has 0 fully saturated rings. The van der Waals surface area contributed by atoms with Crippen molar-refractivity contribution < 1.29 is 18.9 Å². The molecule has 0 aromatic carbocycles. The summed E-state index contributed by atoms with van der Waals surface area (Å²) in [5.74, 6) is 0. The van der Waals surface area contributed by atoms with Gasteiger partial charge in [-0.1, -0.05) is 362 Å². The van der Waals surface area contributed by atoms with Crippen LogP contribution in [0.3, 0.4) is 0 Å². The molecule has 0 aromatic heterocycles. The van der Waals surface area contributed by atoms with Gasteiger partial charge in [0, 0.05) is 65.7 Å². The Morgan fingerprint density at radius 3 is 0.580 bits per heavy atom. The van der Waals surface area contributed by atoms with Crippen molar-refractivity contribution in [3.05, 3.63) is 0 Å². The van der Waals surface area contributed by atoms with Gasteiger partial charge in [0.05, 0.1) is 25.4 Å². The largest absolute Gasteiger partial charge is 0.379 e. The van der Waals surface area contributed by atoms with Gasteiger partial charge >= 0.3 is 0 Å². The van der Waals surface area contributed by atoms with Gasteiger partial charge in [0.15, 0.2) is 0 Å². The number of rotatable bonds is 76. The smallest absolute Gasteiger partial charge is 0.0932 e. The minimum Gasteiger partial charge on any atom is -0.379 e. The van der Waals surface area contributed by atoms with E-state index in [-0.39, 0.29) is 12.2 Å². The molecule has 81 heavy (non-hydrogen) atoms. The first kappa shape index (κ1) is 80.7. The Labute approximate surface area is 510 Å². The SMILES string of the molecule is CCCCCCCCCCCCCCCCOCC(CNCCNCCNCC(COCCCCCCCCCCCCCCCC)OCCCCCCCCCCCCCCCC)OCCCCCCCCCCCCCCCC. The molecule has 0 radical (unpaired) electrons. The van der Waals surface area contributed by atoms with E-state index in [1.54, 1.807) is 0 Å². The van der Waals surface area contributed by atoms with E-state index in [0.29, 0.717) is 13.2 Å². The molecule has 0 spiro atoms. The zero-order valence-corrected chi connectivity index (χ0v) is 56.4. The molecule has 0 aliphatic heterocycles. The van der Waals surface area contributed by atoms with E-state index in [9.17, 15) is 0 Å². The van der Waals surface area contributed by atoms with E-state index in [4.69, 9.17) is 18.9 Å². The Morgan fingerprint density at radius 1 is 0.198 bits per heavy atom. The van der Waals surface area contributed by atoms with Gasteiger partial charge in [0.1, 0.15) is 0 Å². The van der Waals surface area contributed by atoms with Crippen molar-refractivity contribution in [2.75, 3.05) is 78.9 Å². The zero-order valence-electron chi connectivity index (χ0n) is 56.4. The fourth-order valence-electron chi connectivity index (χ4n) is 11.7. The van der Waals surface area contributed by atoms with Gasteiger partial charge in [0.25, 0.3) is 0 Å². The Kier molecular flexibility index (Phi) is 75.6. The summed E-state index contributed by atoms with van der Waals surface area (Å²) in [4.78, 5) is 0. The third kappa shape index (κ3) is 72.1. The zero-order chi connectivity index (χ0) is 58.2. The normalized spacial score (nSPS) is 12.6. The average Bonchev–Trinajstić information content (AvgIpc) is 3.47. The van der Waals surface area contributed by atoms with Gasteiger partial charge in [-0.15, -0.1) is 0 Å². The molecule has 0 heterocycles. The number of hydrogen-bond acceptors (Lipinski definition) is 7. The molecular formula is C74H153N3O4. The van der Waals surface area contributed by atoms with Crippen LogP contribution >= 0.6 is 0 Å². The van der Waals surface area contributed by atoms with E-state index in [1.165, 1.54) is 360 Å². The second-order valence-electron chi connectivity index (χ2n) is 25.7. The van der Waals surface area contributed by atoms with Crippen molar-refractivity contribution in [3.63, 3.8) is 0 Å². The predicted molar refractivity (Wildman–Crippen MR) is 361 cm³/mol. The second kappa shape index (κ2) is 75.8. The van der Waals surface area contributed by atoms with Gasteiger partial charge in [-0.25, -0.2) is 0 Å². The molecule has 7 heteroatoms. The first-order valence-electron chi connectivity index (χ1n) is 37.8. The number of hydrogen-bond donors (Lipinski definition) is 3. The first-order valence-corrected chi connectivity index (χ1v) is 37.8. The van der Waals surface area contributed by atoms with E-state index in [0.717, 1.165) is 65.7 Å². The lowest BCUT2D eigenvalue weighted by Crippen LogP contribution is -2.39. The van der Waals surface area contributed by atoms with E-state index < -0.39 is 0 Å². The lowest BCUT2D eigenvalue weighted by Gasteiger charge is -2.20. The lowest BCUT2D eigenvalue weighted by molar-refractivity contribution is -0.0176. The van der Waals surface area contributed by atoms with Crippen LogP contribution in [-0.4, -0.2) is 91.1 Å². The molecule has 488 valence electrons. The summed E-state index contributed by atoms with van der Waals surface area (Å²) in [7, 11) is 0. The fourth-order valence-corrected chi connectivity index (χ4v) is 11.7. The molecule has 0 rings (SSSR count). The average molecular weight is 1150 g/mol. The molecule has 0 saturated carbocycles. The van der Waals surface area contributed by atoms with Crippen LogP contribution in [-0.2, 0) is 18.9 Å². The molecule has 2 atom stereocenters. The summed E-state index contributed by atoms with van der Waals surface area (Å²) < 4.78 is 25.5. The first-order chi connectivity index (χ1) is 40.3. The van der Waals surface area contributed by atoms with Gasteiger partial charge in [0.2, 0.25) is 0 Å². The third-order valence-electron chi connectivity index (χ3n) is 17.3. The van der Waals surface area contributed by atoms with Gasteiger partial charge in [-0.05, 0) is 25.7 Å². The van der Waals surface area contributed by atoms with E-state index >= 15 is 0 Å². The van der Waals surface area contributed by atoms with Gasteiger partial charge in [-0.2, -0.15) is 0 Å². The van der Waals surface area contributed by atoms with E-state index in [2.05, 4.69) is 43.6 Å². The van der Waals surface area contributed by atoms with Crippen molar-refractivity contribution in [1.82, 2.24) is 16.0 Å². The molecular weight excluding hydrogens is 995 g/mol. The number of unbranched alkanes of at least 4 members (excludes halogenated alkanes) is 52. The Bertz CT molecular complexity index is 988. The topological polar surface area (TPSA) is 73.0 Å². The summed E-state index contributed by atoms with van der Waals surface area (Å²) >= 11 is 0. The Balaban J connectivity index is 4.54. The maximum Gasteiger partial charge on any atom is 0.0932 e. The highest BCUT2D eigenvalue weighted by Crippen LogP contribution is 2.18. The minimum atomic E-state index is 0.123. The van der Waals surface area contributed by atoms with Crippen LogP contribution in [0.4, 0.5) is 0 Å². The third-order valence-corrected chi connectivity index (χ3v) is 17.3. The number of nitrogens with one attached hydrogen (secondary N) is 3. The maximum absolute atomic E-state index is 6.48. The highest BCUT2D eigenvalue weighted by molar-refractivity contribution is 4.66. The Hall–Kier alpha value is -0.280. The quantitative estimate of drug-likeness (QED) is 0.0524. The van der Waals surface area contributed by atoms with E-state index in [1.807, 2.05) is 0 Å². The summed E-state index contributed by atoms with van der Waals surface area (Å²) in [5.41, 5.74) is 0. The predicted octanol–water partition coefficient (Wildman–Crippen LogP) is 22.5. The van der Waals surface area contributed by atoms with Crippen molar-refractivity contribution in [3.8, 4) is 0 Å². The molecule has 0 aliphatic carbocycles. The Morgan fingerprint density at radius 2 is 0.370 bits per heavy atom. The van der Waals surface area contributed by atoms with Crippen LogP contribution in [0, 0.1) is 0 Å². The highest BCUT2D eigenvalue weighted by Gasteiger charge is 2.12. The molecule has 0 amide bonds. The molecule has 7 nitrogen and oxygen atoms in total. The van der Waals surface area contributed by atoms with Crippen LogP contribution in [0.25, 0.3) is 0 Å². The fraction of sp³-hybridized carbons (Fsp3) is 1.00. The molecule has 0 bridgehead atoms. The lowest BCUT2D eigenvalue weighted by atomic mass is 10.0. The minimum absolute atomic E-state index is 0.123. The van der Waals surface area contributed by atoms with Crippen molar-refractivity contribution >= 4 is 0 Å². The van der Waals surface area contributed by atoms with Crippen molar-refractivity contribution in [1.29, 1.82) is 0 Å². The second-order valence-corrected chi connectivity index (χ2v) is 25.7. The van der Waals surface area contributed by atoms with Crippen LogP contribution in [0.15, 0.2) is 0 Å². The van der Waals surface area contributed by atoms with Crippen LogP contribution < -0.4 is 16.0 Å². The molecule has 0 aliphatic rings. The number of ether oxygens (including phenoxy) is 4. The van der Waals surface area contributed by atoms with Crippen molar-refractivity contribution in [2.45, 2.75) is 399 Å². The van der Waals surface area contributed by atoms with Gasteiger partial charge in [-0.3, -0.25) is 0 Å². The molecule has 0 saturated heterocycles. The molecule has 2 unspecified atom stereocenters. The van der Waals surface area contributed by atoms with Crippen LogP contribution in [0.1, 0.15) is 387 Å². The molecule has 3 N–H and O–H groups in total. The molecule has 0 aromatic rings. The standard InChI is InChI=1S/C74H153N3O4/c1-5-9-13-17-21-25-29-33-37-41-45-49-53-57-65-78-71-73(80-67-59-55-51-47-43-39-35-31-27-23-19-15-11-7-3)69-76-63-61-75-62-64-77-70-74(81-68-60-56-52-48-44-40-36-32-28-24-20-16-12-8-4)72-79-66-58-54-50-46-42-38-34-30-26-22-18-14-10-6-2/h73-77H,5-72H2,1-4H3. The summed E-state index contributed by atoms with van der Waals surface area (Å²) in [6.45, 7) is 19.6. The maximum atomic E-state index is 6.48. The van der Waals surface area contributed by atoms with Gasteiger partial charge < -0.3 is 34.9 Å². The van der Waals surface area contributed by atoms with Crippen LogP contribution in [0.2, 0.25) is 0 Å². The summed E-state index contributed by atoms with van der Waals surface area (Å²) in [6, 6.07) is 0. The van der Waals surface area contributed by atoms with Crippen molar-refractivity contribution in [2.24, 2.45) is 0 Å². The summed E-state index contributed by atoms with van der Waals surface area (Å²) in [6.07, 6.45) is 78.0. The highest BCUT2D eigenvalue weighted by atomic mass is 16.5. The monoisotopic (exact) mass is 1150 g/mol. The summed E-state index contributed by atoms with van der Waals surface area (Å²) in [5, 5.41) is 11.1.